The second-order valence-electron chi connectivity index (χ2n) is 3.24. The quantitative estimate of drug-likeness (QED) is 0.387. The molecule has 0 rings (SSSR count). The molecule has 0 bridgehead atoms. The van der Waals surface area contributed by atoms with Gasteiger partial charge in [-0.3, -0.25) is 0 Å². The van der Waals surface area contributed by atoms with Crippen LogP contribution in [0.1, 0.15) is 13.8 Å². The van der Waals surface area contributed by atoms with E-state index < -0.39 is 19.0 Å². The maximum Gasteiger partial charge on any atom is 0.340 e. The molecule has 0 atom stereocenters. The maximum absolute atomic E-state index is 12.5. The SMILES string of the molecule is C=C(C)C=C(C=CC)OCC(F)(F)C(F)F. The predicted molar refractivity (Wildman–Crippen MR) is 54.6 cm³/mol. The van der Waals surface area contributed by atoms with Crippen molar-refractivity contribution in [1.29, 1.82) is 0 Å². The van der Waals surface area contributed by atoms with Crippen LogP contribution in [0.3, 0.4) is 0 Å². The van der Waals surface area contributed by atoms with Crippen LogP contribution in [0.2, 0.25) is 0 Å². The Bertz CT molecular complexity index is 292. The van der Waals surface area contributed by atoms with Gasteiger partial charge in [-0.25, -0.2) is 8.78 Å². The van der Waals surface area contributed by atoms with Crippen molar-refractivity contribution >= 4 is 0 Å². The van der Waals surface area contributed by atoms with E-state index in [9.17, 15) is 17.6 Å². The smallest absolute Gasteiger partial charge is 0.340 e. The predicted octanol–water partition coefficient (Wildman–Crippen LogP) is 3.94. The van der Waals surface area contributed by atoms with Gasteiger partial charge in [0.2, 0.25) is 0 Å². The minimum atomic E-state index is -4.14. The highest BCUT2D eigenvalue weighted by atomic mass is 19.3. The molecule has 0 N–H and O–H groups in total. The van der Waals surface area contributed by atoms with Crippen molar-refractivity contribution in [2.75, 3.05) is 6.61 Å². The Morgan fingerprint density at radius 3 is 2.38 bits per heavy atom. The van der Waals surface area contributed by atoms with Crippen LogP contribution in [-0.2, 0) is 4.74 Å². The topological polar surface area (TPSA) is 9.23 Å². The Morgan fingerprint density at radius 2 is 2.00 bits per heavy atom. The van der Waals surface area contributed by atoms with Crippen molar-refractivity contribution in [3.63, 3.8) is 0 Å². The number of alkyl halides is 4. The largest absolute Gasteiger partial charge is 0.487 e. The van der Waals surface area contributed by atoms with Crippen molar-refractivity contribution in [1.82, 2.24) is 0 Å². The first-order valence-corrected chi connectivity index (χ1v) is 4.58. The van der Waals surface area contributed by atoms with Gasteiger partial charge in [0.1, 0.15) is 5.76 Å². The molecule has 0 unspecified atom stereocenters. The van der Waals surface area contributed by atoms with Crippen molar-refractivity contribution < 1.29 is 22.3 Å². The van der Waals surface area contributed by atoms with Crippen LogP contribution >= 0.6 is 0 Å². The second kappa shape index (κ2) is 6.35. The van der Waals surface area contributed by atoms with E-state index in [4.69, 9.17) is 0 Å². The summed E-state index contributed by atoms with van der Waals surface area (Å²) in [7, 11) is 0. The standard InChI is InChI=1S/C11H14F4O/c1-4-5-9(6-8(2)3)16-7-11(14,15)10(12)13/h4-6,10H,2,7H2,1,3H3. The fourth-order valence-electron chi connectivity index (χ4n) is 0.788. The van der Waals surface area contributed by atoms with E-state index in [-0.39, 0.29) is 5.76 Å². The number of hydrogen-bond acceptors (Lipinski definition) is 1. The fourth-order valence-corrected chi connectivity index (χ4v) is 0.788. The molecule has 0 saturated carbocycles. The Kier molecular flexibility index (Phi) is 5.85. The molecule has 92 valence electrons. The molecule has 0 aromatic heterocycles. The number of rotatable bonds is 6. The van der Waals surface area contributed by atoms with Gasteiger partial charge in [0, 0.05) is 0 Å². The summed E-state index contributed by atoms with van der Waals surface area (Å²) in [5.41, 5.74) is 0.577. The van der Waals surface area contributed by atoms with E-state index in [1.807, 2.05) is 0 Å². The molecule has 0 radical (unpaired) electrons. The summed E-state index contributed by atoms with van der Waals surface area (Å²) in [6.07, 6.45) is 0.608. The number of ether oxygens (including phenoxy) is 1. The molecule has 0 aliphatic heterocycles. The number of halogens is 4. The summed E-state index contributed by atoms with van der Waals surface area (Å²) in [5.74, 6) is -4.06. The van der Waals surface area contributed by atoms with Gasteiger partial charge in [-0.1, -0.05) is 18.2 Å². The molecule has 0 aromatic carbocycles. The second-order valence-corrected chi connectivity index (χ2v) is 3.24. The van der Waals surface area contributed by atoms with Gasteiger partial charge in [-0.2, -0.15) is 8.78 Å². The van der Waals surface area contributed by atoms with E-state index >= 15 is 0 Å². The van der Waals surface area contributed by atoms with E-state index in [0.717, 1.165) is 0 Å². The van der Waals surface area contributed by atoms with E-state index in [0.29, 0.717) is 5.57 Å². The highest BCUT2D eigenvalue weighted by Crippen LogP contribution is 2.24. The molecular formula is C11H14F4O. The molecule has 0 fully saturated rings. The maximum atomic E-state index is 12.5. The van der Waals surface area contributed by atoms with E-state index in [2.05, 4.69) is 11.3 Å². The van der Waals surface area contributed by atoms with Gasteiger partial charge in [-0.05, 0) is 26.0 Å². The molecule has 0 saturated heterocycles. The molecule has 1 nitrogen and oxygen atoms in total. The average molecular weight is 238 g/mol. The summed E-state index contributed by atoms with van der Waals surface area (Å²) in [6.45, 7) is 5.47. The number of allylic oxidation sites excluding steroid dienone is 4. The van der Waals surface area contributed by atoms with Crippen LogP contribution in [0.15, 0.2) is 36.1 Å². The van der Waals surface area contributed by atoms with Crippen LogP contribution in [0.4, 0.5) is 17.6 Å². The third kappa shape index (κ3) is 5.58. The van der Waals surface area contributed by atoms with Crippen molar-refractivity contribution in [3.05, 3.63) is 36.1 Å². The molecule has 16 heavy (non-hydrogen) atoms. The molecule has 0 aliphatic rings. The lowest BCUT2D eigenvalue weighted by molar-refractivity contribution is -0.156. The highest BCUT2D eigenvalue weighted by Gasteiger charge is 2.41. The van der Waals surface area contributed by atoms with Crippen molar-refractivity contribution in [2.24, 2.45) is 0 Å². The van der Waals surface area contributed by atoms with Crippen molar-refractivity contribution in [3.8, 4) is 0 Å². The Labute approximate surface area is 92.1 Å². The minimum Gasteiger partial charge on any atom is -0.487 e. The van der Waals surface area contributed by atoms with Crippen LogP contribution in [0.5, 0.6) is 0 Å². The zero-order chi connectivity index (χ0) is 12.8. The normalized spacial score (nSPS) is 13.6. The summed E-state index contributed by atoms with van der Waals surface area (Å²) in [5, 5.41) is 0. The summed E-state index contributed by atoms with van der Waals surface area (Å²) >= 11 is 0. The van der Waals surface area contributed by atoms with Gasteiger partial charge in [-0.15, -0.1) is 0 Å². The van der Waals surface area contributed by atoms with E-state index in [1.54, 1.807) is 19.9 Å². The zero-order valence-corrected chi connectivity index (χ0v) is 9.14. The lowest BCUT2D eigenvalue weighted by atomic mass is 10.3. The highest BCUT2D eigenvalue weighted by molar-refractivity contribution is 5.22. The van der Waals surface area contributed by atoms with Gasteiger partial charge >= 0.3 is 12.3 Å². The molecule has 0 aliphatic carbocycles. The summed E-state index contributed by atoms with van der Waals surface area (Å²) in [4.78, 5) is 0. The molecule has 0 aromatic rings. The van der Waals surface area contributed by atoms with Crippen LogP contribution in [0, 0.1) is 0 Å². The molecule has 0 heterocycles. The average Bonchev–Trinajstić information content (AvgIpc) is 2.13. The Morgan fingerprint density at radius 1 is 1.44 bits per heavy atom. The van der Waals surface area contributed by atoms with Gasteiger partial charge in [0.05, 0.1) is 0 Å². The van der Waals surface area contributed by atoms with E-state index in [1.165, 1.54) is 12.2 Å². The van der Waals surface area contributed by atoms with Gasteiger partial charge < -0.3 is 4.74 Å². The monoisotopic (exact) mass is 238 g/mol. The van der Waals surface area contributed by atoms with Gasteiger partial charge in [0.15, 0.2) is 6.61 Å². The first-order chi connectivity index (χ1) is 7.29. The summed E-state index contributed by atoms with van der Waals surface area (Å²) in [6, 6.07) is 0. The first-order valence-electron chi connectivity index (χ1n) is 4.58. The fraction of sp³-hybridized carbons (Fsp3) is 0.455. The number of hydrogen-bond donors (Lipinski definition) is 0. The van der Waals surface area contributed by atoms with Gasteiger partial charge in [0.25, 0.3) is 0 Å². The third-order valence-electron chi connectivity index (χ3n) is 1.47. The first kappa shape index (κ1) is 14.7. The van der Waals surface area contributed by atoms with Crippen LogP contribution in [-0.4, -0.2) is 19.0 Å². The van der Waals surface area contributed by atoms with Crippen molar-refractivity contribution in [2.45, 2.75) is 26.2 Å². The Hall–Kier alpha value is -1.26. The molecule has 5 heteroatoms. The zero-order valence-electron chi connectivity index (χ0n) is 9.14. The summed E-state index contributed by atoms with van der Waals surface area (Å²) < 4.78 is 53.3. The molecular weight excluding hydrogens is 224 g/mol. The minimum absolute atomic E-state index is 0.0790. The molecule has 0 spiro atoms. The van der Waals surface area contributed by atoms with Crippen LogP contribution < -0.4 is 0 Å². The lowest BCUT2D eigenvalue weighted by Crippen LogP contribution is -2.32. The van der Waals surface area contributed by atoms with Crippen LogP contribution in [0.25, 0.3) is 0 Å². The lowest BCUT2D eigenvalue weighted by Gasteiger charge is -2.16. The molecule has 0 amide bonds. The Balaban J connectivity index is 4.51. The third-order valence-corrected chi connectivity index (χ3v) is 1.47.